The second-order valence-electron chi connectivity index (χ2n) is 8.31. The standard InChI is InChI=1S/C24H20O10/c25-13-2-1-9(3-15(13)27)11-7-20(31)33-19-8-14(26)12-6-18(30)23(34-24(12)21(11)19)10-4-16(28)22(32)17(29)5-10/h1-5,8,11,18,23,25-30,32H,6-7H2/t11-,18-,23+/m0/s1. The van der Waals surface area contributed by atoms with Gasteiger partial charge in [-0.3, -0.25) is 4.79 Å². The molecule has 0 amide bonds. The van der Waals surface area contributed by atoms with Crippen LogP contribution in [0.25, 0.3) is 0 Å². The summed E-state index contributed by atoms with van der Waals surface area (Å²) in [7, 11) is 0. The van der Waals surface area contributed by atoms with Crippen molar-refractivity contribution in [2.24, 2.45) is 0 Å². The Morgan fingerprint density at radius 1 is 0.765 bits per heavy atom. The number of fused-ring (bicyclic) bond motifs is 3. The van der Waals surface area contributed by atoms with Gasteiger partial charge in [0, 0.05) is 35.1 Å². The van der Waals surface area contributed by atoms with Crippen LogP contribution in [-0.4, -0.2) is 47.8 Å². The number of carbonyl (C=O) groups is 1. The molecule has 2 aliphatic rings. The fourth-order valence-corrected chi connectivity index (χ4v) is 4.50. The number of hydrogen-bond donors (Lipinski definition) is 7. The molecule has 0 radical (unpaired) electrons. The average Bonchev–Trinajstić information content (AvgIpc) is 2.78. The molecular formula is C24H20O10. The van der Waals surface area contributed by atoms with E-state index >= 15 is 0 Å². The zero-order valence-corrected chi connectivity index (χ0v) is 17.5. The summed E-state index contributed by atoms with van der Waals surface area (Å²) < 4.78 is 11.4. The Morgan fingerprint density at radius 2 is 1.44 bits per heavy atom. The molecule has 2 heterocycles. The van der Waals surface area contributed by atoms with Crippen molar-refractivity contribution in [1.29, 1.82) is 0 Å². The van der Waals surface area contributed by atoms with Gasteiger partial charge in [0.25, 0.3) is 0 Å². The van der Waals surface area contributed by atoms with E-state index in [0.717, 1.165) is 12.1 Å². The quantitative estimate of drug-likeness (QED) is 0.168. The van der Waals surface area contributed by atoms with Crippen molar-refractivity contribution in [2.75, 3.05) is 0 Å². The number of carbonyl (C=O) groups excluding carboxylic acids is 1. The smallest absolute Gasteiger partial charge is 0.312 e. The lowest BCUT2D eigenvalue weighted by atomic mass is 9.82. The fraction of sp³-hybridized carbons (Fsp3) is 0.208. The van der Waals surface area contributed by atoms with Gasteiger partial charge < -0.3 is 45.2 Å². The number of benzene rings is 3. The van der Waals surface area contributed by atoms with Crippen molar-refractivity contribution in [1.82, 2.24) is 0 Å². The van der Waals surface area contributed by atoms with Crippen molar-refractivity contribution in [2.45, 2.75) is 31.0 Å². The largest absolute Gasteiger partial charge is 0.507 e. The van der Waals surface area contributed by atoms with Gasteiger partial charge in [0.15, 0.2) is 34.9 Å². The van der Waals surface area contributed by atoms with Crippen LogP contribution in [0.15, 0.2) is 36.4 Å². The Balaban J connectivity index is 1.67. The van der Waals surface area contributed by atoms with Crippen LogP contribution in [0.4, 0.5) is 0 Å². The van der Waals surface area contributed by atoms with Crippen molar-refractivity contribution in [3.63, 3.8) is 0 Å². The first-order valence-corrected chi connectivity index (χ1v) is 10.3. The molecule has 0 saturated heterocycles. The zero-order valence-electron chi connectivity index (χ0n) is 17.5. The Morgan fingerprint density at radius 3 is 2.12 bits per heavy atom. The normalized spacial score (nSPS) is 21.2. The zero-order chi connectivity index (χ0) is 24.3. The minimum atomic E-state index is -1.19. The molecule has 0 saturated carbocycles. The van der Waals surface area contributed by atoms with E-state index in [2.05, 4.69) is 0 Å². The predicted molar refractivity (Wildman–Crippen MR) is 114 cm³/mol. The highest BCUT2D eigenvalue weighted by atomic mass is 16.5. The number of hydrogen-bond acceptors (Lipinski definition) is 10. The summed E-state index contributed by atoms with van der Waals surface area (Å²) in [6.07, 6.45) is -2.49. The van der Waals surface area contributed by atoms with Gasteiger partial charge in [-0.2, -0.15) is 0 Å². The van der Waals surface area contributed by atoms with Gasteiger partial charge in [-0.15, -0.1) is 0 Å². The molecule has 176 valence electrons. The van der Waals surface area contributed by atoms with Crippen LogP contribution >= 0.6 is 0 Å². The lowest BCUT2D eigenvalue weighted by Gasteiger charge is -2.36. The molecule has 3 atom stereocenters. The Bertz CT molecular complexity index is 1310. The molecule has 0 spiro atoms. The summed E-state index contributed by atoms with van der Waals surface area (Å²) in [5.74, 6) is -3.98. The Hall–Kier alpha value is -4.31. The number of phenolic OH excluding ortho intramolecular Hbond substituents is 6. The molecule has 0 fully saturated rings. The summed E-state index contributed by atoms with van der Waals surface area (Å²) in [6.45, 7) is 0. The lowest BCUT2D eigenvalue weighted by Crippen LogP contribution is -2.32. The molecule has 3 aromatic carbocycles. The average molecular weight is 468 g/mol. The van der Waals surface area contributed by atoms with E-state index in [4.69, 9.17) is 9.47 Å². The van der Waals surface area contributed by atoms with Crippen molar-refractivity contribution in [3.05, 3.63) is 58.7 Å². The maximum absolute atomic E-state index is 12.3. The minimum absolute atomic E-state index is 0.0385. The van der Waals surface area contributed by atoms with Crippen LogP contribution < -0.4 is 9.47 Å². The van der Waals surface area contributed by atoms with Crippen molar-refractivity contribution >= 4 is 5.97 Å². The maximum atomic E-state index is 12.3. The number of ether oxygens (including phenoxy) is 2. The molecular weight excluding hydrogens is 448 g/mol. The molecule has 5 rings (SSSR count). The van der Waals surface area contributed by atoms with Gasteiger partial charge in [0.2, 0.25) is 0 Å². The van der Waals surface area contributed by atoms with Crippen LogP contribution in [0.3, 0.4) is 0 Å². The number of aliphatic hydroxyl groups is 1. The first-order chi connectivity index (χ1) is 16.1. The number of esters is 1. The van der Waals surface area contributed by atoms with Gasteiger partial charge in [0.05, 0.1) is 12.5 Å². The molecule has 0 aliphatic carbocycles. The van der Waals surface area contributed by atoms with E-state index < -0.39 is 41.3 Å². The van der Waals surface area contributed by atoms with Crippen LogP contribution in [-0.2, 0) is 11.2 Å². The van der Waals surface area contributed by atoms with Crippen molar-refractivity contribution in [3.8, 4) is 46.0 Å². The van der Waals surface area contributed by atoms with E-state index in [0.29, 0.717) is 11.1 Å². The van der Waals surface area contributed by atoms with Gasteiger partial charge in [-0.25, -0.2) is 0 Å². The van der Waals surface area contributed by atoms with Gasteiger partial charge in [0.1, 0.15) is 17.2 Å². The van der Waals surface area contributed by atoms with Gasteiger partial charge in [-0.1, -0.05) is 6.07 Å². The van der Waals surface area contributed by atoms with Gasteiger partial charge in [-0.05, 0) is 29.8 Å². The third kappa shape index (κ3) is 3.35. The first-order valence-electron chi connectivity index (χ1n) is 10.3. The lowest BCUT2D eigenvalue weighted by molar-refractivity contribution is -0.135. The van der Waals surface area contributed by atoms with Crippen molar-refractivity contribution < 1.29 is 50.0 Å². The number of phenols is 6. The first kappa shape index (κ1) is 21.5. The van der Waals surface area contributed by atoms with E-state index in [1.807, 2.05) is 0 Å². The molecule has 0 unspecified atom stereocenters. The molecule has 2 aliphatic heterocycles. The van der Waals surface area contributed by atoms with Crippen LogP contribution in [0.5, 0.6) is 46.0 Å². The molecule has 7 N–H and O–H groups in total. The Labute approximate surface area is 192 Å². The highest BCUT2D eigenvalue weighted by Crippen LogP contribution is 2.53. The molecule has 34 heavy (non-hydrogen) atoms. The summed E-state index contributed by atoms with van der Waals surface area (Å²) in [6, 6.07) is 7.66. The summed E-state index contributed by atoms with van der Waals surface area (Å²) in [5, 5.41) is 70.4. The molecule has 10 nitrogen and oxygen atoms in total. The Kier molecular flexibility index (Phi) is 4.83. The highest BCUT2D eigenvalue weighted by Gasteiger charge is 2.40. The van der Waals surface area contributed by atoms with E-state index in [9.17, 15) is 40.5 Å². The molecule has 0 aromatic heterocycles. The summed E-state index contributed by atoms with van der Waals surface area (Å²) >= 11 is 0. The number of rotatable bonds is 2. The van der Waals surface area contributed by atoms with E-state index in [1.165, 1.54) is 24.3 Å². The fourth-order valence-electron chi connectivity index (χ4n) is 4.50. The topological polar surface area (TPSA) is 177 Å². The highest BCUT2D eigenvalue weighted by molar-refractivity contribution is 5.80. The van der Waals surface area contributed by atoms with E-state index in [-0.39, 0.29) is 52.7 Å². The molecule has 0 bridgehead atoms. The van der Waals surface area contributed by atoms with Crippen LogP contribution in [0.1, 0.15) is 40.7 Å². The molecule has 3 aromatic rings. The monoisotopic (exact) mass is 468 g/mol. The van der Waals surface area contributed by atoms with Gasteiger partial charge >= 0.3 is 5.97 Å². The third-order valence-corrected chi connectivity index (χ3v) is 6.13. The summed E-state index contributed by atoms with van der Waals surface area (Å²) in [5.41, 5.74) is 1.30. The SMILES string of the molecule is O=C1C[C@@H](c2ccc(O)c(O)c2)c2c(cc(O)c3c2O[C@H](c2cc(O)c(O)c(O)c2)[C@@H](O)C3)O1. The number of aliphatic hydroxyl groups excluding tert-OH is 1. The van der Waals surface area contributed by atoms with Crippen LogP contribution in [0.2, 0.25) is 0 Å². The molecule has 10 heteroatoms. The van der Waals surface area contributed by atoms with Crippen LogP contribution in [0, 0.1) is 0 Å². The number of aromatic hydroxyl groups is 6. The predicted octanol–water partition coefficient (Wildman–Crippen LogP) is 2.40. The second-order valence-corrected chi connectivity index (χ2v) is 8.31. The summed E-state index contributed by atoms with van der Waals surface area (Å²) in [4.78, 5) is 12.3. The minimum Gasteiger partial charge on any atom is -0.507 e. The van der Waals surface area contributed by atoms with E-state index in [1.54, 1.807) is 0 Å². The third-order valence-electron chi connectivity index (χ3n) is 6.13. The maximum Gasteiger partial charge on any atom is 0.312 e. The second kappa shape index (κ2) is 7.63.